The predicted molar refractivity (Wildman–Crippen MR) is 102 cm³/mol. The van der Waals surface area contributed by atoms with E-state index in [1.807, 2.05) is 0 Å². The Bertz CT molecular complexity index is 1020. The molecule has 7 nitrogen and oxygen atoms in total. The van der Waals surface area contributed by atoms with E-state index in [0.29, 0.717) is 22.8 Å². The summed E-state index contributed by atoms with van der Waals surface area (Å²) >= 11 is 5.21. The number of H-pyrrole nitrogens is 1. The Kier molecular flexibility index (Phi) is 5.51. The molecule has 0 aliphatic rings. The molecule has 27 heavy (non-hydrogen) atoms. The molecule has 0 spiro atoms. The maximum absolute atomic E-state index is 14.1. The van der Waals surface area contributed by atoms with Gasteiger partial charge in [0.1, 0.15) is 5.82 Å². The second-order valence-corrected chi connectivity index (χ2v) is 5.73. The van der Waals surface area contributed by atoms with Gasteiger partial charge in [-0.3, -0.25) is 0 Å². The lowest BCUT2D eigenvalue weighted by atomic mass is 10.2. The third-order valence-electron chi connectivity index (χ3n) is 3.77. The number of nitrogens with zero attached hydrogens (tertiary/aromatic N) is 3. The van der Waals surface area contributed by atoms with Crippen LogP contribution in [0.5, 0.6) is 17.2 Å². The summed E-state index contributed by atoms with van der Waals surface area (Å²) in [6, 6.07) is 9.73. The lowest BCUT2D eigenvalue weighted by Crippen LogP contribution is -1.99. The summed E-state index contributed by atoms with van der Waals surface area (Å²) in [6.45, 7) is 0. The van der Waals surface area contributed by atoms with E-state index in [1.54, 1.807) is 36.5 Å². The number of aromatic nitrogens is 3. The molecule has 3 rings (SSSR count). The summed E-state index contributed by atoms with van der Waals surface area (Å²) in [5.41, 5.74) is 0.957. The molecule has 1 heterocycles. The average Bonchev–Trinajstić information content (AvgIpc) is 3.06. The number of nitrogens with one attached hydrogen (secondary N) is 1. The van der Waals surface area contributed by atoms with Crippen molar-refractivity contribution >= 4 is 18.4 Å². The van der Waals surface area contributed by atoms with Gasteiger partial charge in [0.05, 0.1) is 33.1 Å². The first-order chi connectivity index (χ1) is 13.1. The van der Waals surface area contributed by atoms with Gasteiger partial charge in [-0.2, -0.15) is 14.9 Å². The van der Waals surface area contributed by atoms with Crippen LogP contribution in [0, 0.1) is 10.6 Å². The maximum atomic E-state index is 14.1. The Balaban J connectivity index is 2.04. The Morgan fingerprint density at radius 1 is 1.11 bits per heavy atom. The highest BCUT2D eigenvalue weighted by molar-refractivity contribution is 7.71. The zero-order chi connectivity index (χ0) is 19.4. The van der Waals surface area contributed by atoms with Crippen LogP contribution < -0.4 is 14.2 Å². The fraction of sp³-hybridized carbons (Fsp3) is 0.167. The number of methoxy groups -OCH3 is 3. The van der Waals surface area contributed by atoms with Gasteiger partial charge >= 0.3 is 0 Å². The number of benzene rings is 2. The van der Waals surface area contributed by atoms with Crippen molar-refractivity contribution in [1.82, 2.24) is 14.9 Å². The van der Waals surface area contributed by atoms with E-state index in [0.717, 1.165) is 0 Å². The number of hydrogen-bond acceptors (Lipinski definition) is 6. The molecule has 0 aliphatic carbocycles. The van der Waals surface area contributed by atoms with Gasteiger partial charge in [0.2, 0.25) is 10.5 Å². The second kappa shape index (κ2) is 8.00. The summed E-state index contributed by atoms with van der Waals surface area (Å²) in [4.78, 5) is 0. The smallest absolute Gasteiger partial charge is 0.216 e. The molecule has 0 bridgehead atoms. The van der Waals surface area contributed by atoms with Crippen LogP contribution >= 0.6 is 12.2 Å². The molecule has 0 amide bonds. The van der Waals surface area contributed by atoms with Crippen LogP contribution in [0.3, 0.4) is 0 Å². The molecule has 140 valence electrons. The number of rotatable bonds is 6. The molecule has 1 aromatic heterocycles. The third-order valence-corrected chi connectivity index (χ3v) is 4.04. The zero-order valence-corrected chi connectivity index (χ0v) is 15.7. The fourth-order valence-electron chi connectivity index (χ4n) is 2.52. The van der Waals surface area contributed by atoms with E-state index < -0.39 is 5.82 Å². The van der Waals surface area contributed by atoms with Gasteiger partial charge in [0, 0.05) is 5.56 Å². The summed E-state index contributed by atoms with van der Waals surface area (Å²) in [5, 5.41) is 11.0. The van der Waals surface area contributed by atoms with Crippen molar-refractivity contribution in [3.63, 3.8) is 0 Å². The number of aromatic amines is 1. The van der Waals surface area contributed by atoms with Crippen molar-refractivity contribution in [2.45, 2.75) is 0 Å². The lowest BCUT2D eigenvalue weighted by Gasteiger charge is -2.12. The number of hydrogen-bond donors (Lipinski definition) is 1. The minimum atomic E-state index is -0.421. The average molecular weight is 388 g/mol. The van der Waals surface area contributed by atoms with Crippen LogP contribution in [0.15, 0.2) is 41.5 Å². The van der Waals surface area contributed by atoms with Crippen LogP contribution in [-0.2, 0) is 0 Å². The van der Waals surface area contributed by atoms with Crippen molar-refractivity contribution in [2.24, 2.45) is 5.10 Å². The summed E-state index contributed by atoms with van der Waals surface area (Å²) in [6.07, 6.45) is 1.54. The Morgan fingerprint density at radius 3 is 2.37 bits per heavy atom. The monoisotopic (exact) mass is 388 g/mol. The number of halogens is 1. The maximum Gasteiger partial charge on any atom is 0.216 e. The molecule has 0 atom stereocenters. The molecule has 0 saturated heterocycles. The van der Waals surface area contributed by atoms with Gasteiger partial charge in [0.15, 0.2) is 17.3 Å². The van der Waals surface area contributed by atoms with Crippen molar-refractivity contribution in [2.75, 3.05) is 21.3 Å². The summed E-state index contributed by atoms with van der Waals surface area (Å²) in [7, 11) is 4.58. The van der Waals surface area contributed by atoms with Crippen LogP contribution in [0.1, 0.15) is 5.56 Å². The number of ether oxygens (including phenoxy) is 3. The molecule has 9 heteroatoms. The normalized spacial score (nSPS) is 11.0. The minimum Gasteiger partial charge on any atom is -0.493 e. The van der Waals surface area contributed by atoms with Crippen molar-refractivity contribution in [1.29, 1.82) is 0 Å². The minimum absolute atomic E-state index is 0.233. The van der Waals surface area contributed by atoms with E-state index in [2.05, 4.69) is 15.3 Å². The first kappa shape index (κ1) is 18.6. The van der Waals surface area contributed by atoms with E-state index >= 15 is 0 Å². The van der Waals surface area contributed by atoms with E-state index in [4.69, 9.17) is 26.4 Å². The van der Waals surface area contributed by atoms with E-state index in [9.17, 15) is 4.39 Å². The summed E-state index contributed by atoms with van der Waals surface area (Å²) < 4.78 is 31.6. The zero-order valence-electron chi connectivity index (χ0n) is 14.9. The molecule has 0 aliphatic heterocycles. The van der Waals surface area contributed by atoms with Crippen LogP contribution in [0.4, 0.5) is 4.39 Å². The summed E-state index contributed by atoms with van der Waals surface area (Å²) in [5.74, 6) is 1.30. The highest BCUT2D eigenvalue weighted by Gasteiger charge is 2.14. The van der Waals surface area contributed by atoms with E-state index in [-0.39, 0.29) is 16.2 Å². The molecule has 1 N–H and O–H groups in total. The van der Waals surface area contributed by atoms with Crippen LogP contribution in [0.25, 0.3) is 11.4 Å². The van der Waals surface area contributed by atoms with Gasteiger partial charge in [-0.15, -0.1) is 0 Å². The molecule has 0 saturated carbocycles. The van der Waals surface area contributed by atoms with Crippen molar-refractivity contribution in [3.05, 3.63) is 52.5 Å². The van der Waals surface area contributed by atoms with Crippen LogP contribution in [-0.4, -0.2) is 42.4 Å². The molecule has 3 aromatic rings. The standard InChI is InChI=1S/C18H17FN4O3S/c1-24-14-8-11(9-15(25-2)16(14)26-3)10-20-23-17(21-22-18(23)27)12-6-4-5-7-13(12)19/h4-10H,1-3H3,(H,22,27). The van der Waals surface area contributed by atoms with Crippen molar-refractivity contribution < 1.29 is 18.6 Å². The fourth-order valence-corrected chi connectivity index (χ4v) is 2.70. The Morgan fingerprint density at radius 2 is 1.78 bits per heavy atom. The predicted octanol–water partition coefficient (Wildman–Crippen LogP) is 3.65. The lowest BCUT2D eigenvalue weighted by molar-refractivity contribution is 0.324. The quantitative estimate of drug-likeness (QED) is 0.515. The van der Waals surface area contributed by atoms with E-state index in [1.165, 1.54) is 32.1 Å². The molecular formula is C18H17FN4O3S. The highest BCUT2D eigenvalue weighted by atomic mass is 32.1. The Labute approximate surface area is 160 Å². The molecule has 0 radical (unpaired) electrons. The highest BCUT2D eigenvalue weighted by Crippen LogP contribution is 2.37. The van der Waals surface area contributed by atoms with Gasteiger partial charge in [-0.1, -0.05) is 12.1 Å². The first-order valence-corrected chi connectivity index (χ1v) is 8.26. The third kappa shape index (κ3) is 3.68. The van der Waals surface area contributed by atoms with Crippen LogP contribution in [0.2, 0.25) is 0 Å². The van der Waals surface area contributed by atoms with Gasteiger partial charge in [-0.25, -0.2) is 9.49 Å². The molecular weight excluding hydrogens is 371 g/mol. The molecule has 0 unspecified atom stereocenters. The van der Waals surface area contributed by atoms with Gasteiger partial charge < -0.3 is 14.2 Å². The first-order valence-electron chi connectivity index (χ1n) is 7.85. The largest absolute Gasteiger partial charge is 0.493 e. The Hall–Kier alpha value is -3.20. The molecule has 2 aromatic carbocycles. The molecule has 0 fully saturated rings. The SMILES string of the molecule is COc1cc(C=Nn2c(-c3ccccc3F)n[nH]c2=S)cc(OC)c1OC. The van der Waals surface area contributed by atoms with Crippen molar-refractivity contribution in [3.8, 4) is 28.6 Å². The van der Waals surface area contributed by atoms with Gasteiger partial charge in [0.25, 0.3) is 0 Å². The van der Waals surface area contributed by atoms with Gasteiger partial charge in [-0.05, 0) is 36.5 Å². The second-order valence-electron chi connectivity index (χ2n) is 5.35. The topological polar surface area (TPSA) is 73.7 Å².